The van der Waals surface area contributed by atoms with Crippen LogP contribution in [-0.4, -0.2) is 25.3 Å². The van der Waals surface area contributed by atoms with Gasteiger partial charge in [0.25, 0.3) is 0 Å². The first-order valence-corrected chi connectivity index (χ1v) is 10.6. The van der Waals surface area contributed by atoms with E-state index in [0.717, 1.165) is 21.5 Å². The molecule has 0 bridgehead atoms. The number of halogens is 1. The smallest absolute Gasteiger partial charge is 0.410 e. The zero-order valence-corrected chi connectivity index (χ0v) is 18.4. The van der Waals surface area contributed by atoms with Crippen LogP contribution in [0.2, 0.25) is 5.02 Å². The largest absolute Gasteiger partial charge is 0.412 e. The van der Waals surface area contributed by atoms with Crippen LogP contribution in [0.15, 0.2) is 66.7 Å². The number of carbonyl (C=O) groups excluding carboxylic acids is 2. The fourth-order valence-corrected chi connectivity index (χ4v) is 3.87. The third-order valence-corrected chi connectivity index (χ3v) is 5.26. The van der Waals surface area contributed by atoms with Crippen LogP contribution in [0.25, 0.3) is 32.7 Å². The Balaban J connectivity index is 2.04. The summed E-state index contributed by atoms with van der Waals surface area (Å²) in [4.78, 5) is 24.6. The Morgan fingerprint density at radius 3 is 1.88 bits per heavy atom. The van der Waals surface area contributed by atoms with Crippen molar-refractivity contribution in [2.45, 2.75) is 0 Å². The lowest BCUT2D eigenvalue weighted by molar-refractivity contribution is 0.200. The third-order valence-electron chi connectivity index (χ3n) is 5.03. The quantitative estimate of drug-likeness (QED) is 0.374. The predicted octanol–water partition coefficient (Wildman–Crippen LogP) is 6.16. The second-order valence-electron chi connectivity index (χ2n) is 7.10. The Bertz CT molecular complexity index is 1350. The van der Waals surface area contributed by atoms with Crippen molar-refractivity contribution in [3.8, 4) is 22.6 Å². The summed E-state index contributed by atoms with van der Waals surface area (Å²) in [6, 6.07) is 20.2. The minimum absolute atomic E-state index is 0.172. The number of benzene rings is 4. The highest BCUT2D eigenvalue weighted by molar-refractivity contribution is 6.31. The molecule has 0 aliphatic carbocycles. The van der Waals surface area contributed by atoms with Gasteiger partial charge in [0.15, 0.2) is 0 Å². The number of amides is 2. The van der Waals surface area contributed by atoms with Gasteiger partial charge >= 0.3 is 12.2 Å². The average Bonchev–Trinajstić information content (AvgIpc) is 2.79. The third kappa shape index (κ3) is 4.71. The van der Waals surface area contributed by atoms with E-state index in [2.05, 4.69) is 24.5 Å². The molecule has 0 aromatic heterocycles. The molecule has 0 saturated carbocycles. The molecule has 7 heteroatoms. The van der Waals surface area contributed by atoms with Crippen molar-refractivity contribution in [1.82, 2.24) is 10.6 Å². The molecule has 0 unspecified atom stereocenters. The summed E-state index contributed by atoms with van der Waals surface area (Å²) >= 11 is 6.23. The Hall–Kier alpha value is -3.77. The highest BCUT2D eigenvalue weighted by atomic mass is 35.5. The van der Waals surface area contributed by atoms with Gasteiger partial charge < -0.3 is 20.1 Å². The summed E-state index contributed by atoms with van der Waals surface area (Å²) in [5, 5.41) is 9.00. The summed E-state index contributed by atoms with van der Waals surface area (Å²) < 4.78 is 11.3. The van der Waals surface area contributed by atoms with Gasteiger partial charge in [-0.25, -0.2) is 9.59 Å². The first-order chi connectivity index (χ1) is 16.0. The van der Waals surface area contributed by atoms with E-state index in [9.17, 15) is 9.59 Å². The fourth-order valence-electron chi connectivity index (χ4n) is 3.69. The topological polar surface area (TPSA) is 76.7 Å². The van der Waals surface area contributed by atoms with Crippen molar-refractivity contribution in [3.63, 3.8) is 0 Å². The van der Waals surface area contributed by atoms with Crippen molar-refractivity contribution in [2.75, 3.05) is 13.1 Å². The molecule has 0 fully saturated rings. The first-order valence-electron chi connectivity index (χ1n) is 10.3. The van der Waals surface area contributed by atoms with E-state index in [1.54, 1.807) is 18.2 Å². The summed E-state index contributed by atoms with van der Waals surface area (Å²) in [6.07, 6.45) is -1.28. The monoisotopic (exact) mass is 460 g/mol. The van der Waals surface area contributed by atoms with Crippen LogP contribution in [0, 0.1) is 13.8 Å². The highest BCUT2D eigenvalue weighted by Gasteiger charge is 2.22. The van der Waals surface area contributed by atoms with Crippen LogP contribution < -0.4 is 20.1 Å². The molecule has 4 aromatic carbocycles. The van der Waals surface area contributed by atoms with Crippen LogP contribution >= 0.6 is 11.6 Å². The predicted molar refractivity (Wildman–Crippen MR) is 131 cm³/mol. The fraction of sp³-hybridized carbons (Fsp3) is 0.0769. The lowest BCUT2D eigenvalue weighted by Gasteiger charge is -2.18. The summed E-state index contributed by atoms with van der Waals surface area (Å²) in [5.74, 6) is 0.610. The Morgan fingerprint density at radius 1 is 0.727 bits per heavy atom. The van der Waals surface area contributed by atoms with Gasteiger partial charge in [-0.15, -0.1) is 0 Å². The minimum atomic E-state index is -0.642. The summed E-state index contributed by atoms with van der Waals surface area (Å²) in [6.45, 7) is 7.58. The van der Waals surface area contributed by atoms with E-state index in [4.69, 9.17) is 21.1 Å². The molecule has 0 aliphatic rings. The molecule has 2 amide bonds. The van der Waals surface area contributed by atoms with Crippen LogP contribution in [0.5, 0.6) is 11.5 Å². The molecule has 0 aliphatic heterocycles. The van der Waals surface area contributed by atoms with E-state index in [0.29, 0.717) is 27.6 Å². The van der Waals surface area contributed by atoms with Gasteiger partial charge in [-0.05, 0) is 59.7 Å². The first kappa shape index (κ1) is 22.4. The molecule has 0 heterocycles. The molecule has 0 saturated heterocycles. The normalized spacial score (nSPS) is 10.8. The number of hydrogen-bond acceptors (Lipinski definition) is 4. The number of fused-ring (bicyclic) bond motifs is 2. The maximum absolute atomic E-state index is 12.3. The molecule has 4 rings (SSSR count). The van der Waals surface area contributed by atoms with Crippen LogP contribution in [0.3, 0.4) is 0 Å². The van der Waals surface area contributed by atoms with Crippen molar-refractivity contribution in [2.24, 2.45) is 0 Å². The van der Waals surface area contributed by atoms with Gasteiger partial charge in [0.1, 0.15) is 11.5 Å². The molecule has 33 heavy (non-hydrogen) atoms. The number of hydrogen-bond donors (Lipinski definition) is 2. The lowest BCUT2D eigenvalue weighted by atomic mass is 9.92. The standard InChI is InChI=1S/C26H21ClN2O4/c1-3-28-25(30)32-21-13-9-16-7-5-6-8-19(16)23(21)24-20-12-11-18(27)15-17(20)10-14-22(24)33-26(31)29-4-2/h5-15H,1-4H2,(H,28,30)(H,29,31). The van der Waals surface area contributed by atoms with Crippen molar-refractivity contribution in [1.29, 1.82) is 0 Å². The van der Waals surface area contributed by atoms with Crippen LogP contribution in [0.1, 0.15) is 0 Å². The molecule has 2 radical (unpaired) electrons. The van der Waals surface area contributed by atoms with Gasteiger partial charge in [-0.2, -0.15) is 0 Å². The number of rotatable bonds is 5. The van der Waals surface area contributed by atoms with E-state index in [-0.39, 0.29) is 13.1 Å². The van der Waals surface area contributed by atoms with Crippen LogP contribution in [-0.2, 0) is 0 Å². The zero-order chi connectivity index (χ0) is 23.4. The molecule has 2 N–H and O–H groups in total. The maximum atomic E-state index is 12.3. The molecule has 166 valence electrons. The lowest BCUT2D eigenvalue weighted by Crippen LogP contribution is -2.27. The van der Waals surface area contributed by atoms with Gasteiger partial charge in [0.2, 0.25) is 0 Å². The van der Waals surface area contributed by atoms with Gasteiger partial charge in [-0.1, -0.05) is 54.1 Å². The number of ether oxygens (including phenoxy) is 2. The number of carbonyl (C=O) groups is 2. The molecular formula is C26H21ClN2O4. The second kappa shape index (κ2) is 9.79. The minimum Gasteiger partial charge on any atom is -0.410 e. The summed E-state index contributed by atoms with van der Waals surface area (Å²) in [7, 11) is 0. The van der Waals surface area contributed by atoms with Crippen LogP contribution in [0.4, 0.5) is 9.59 Å². The Kier molecular flexibility index (Phi) is 6.66. The zero-order valence-electron chi connectivity index (χ0n) is 17.7. The highest BCUT2D eigenvalue weighted by Crippen LogP contribution is 2.45. The molecule has 0 atom stereocenters. The van der Waals surface area contributed by atoms with E-state index in [1.165, 1.54) is 0 Å². The van der Waals surface area contributed by atoms with E-state index < -0.39 is 12.2 Å². The maximum Gasteiger partial charge on any atom is 0.412 e. The molecule has 0 spiro atoms. The molecule has 4 aromatic rings. The van der Waals surface area contributed by atoms with Crippen molar-refractivity contribution < 1.29 is 19.1 Å². The Labute approximate surface area is 196 Å². The van der Waals surface area contributed by atoms with Gasteiger partial charge in [-0.3, -0.25) is 0 Å². The Morgan fingerprint density at radius 2 is 1.27 bits per heavy atom. The molecule has 6 nitrogen and oxygen atoms in total. The van der Waals surface area contributed by atoms with Crippen molar-refractivity contribution >= 4 is 45.3 Å². The van der Waals surface area contributed by atoms with Crippen molar-refractivity contribution in [3.05, 3.63) is 85.6 Å². The van der Waals surface area contributed by atoms with Gasteiger partial charge in [0.05, 0.1) is 0 Å². The van der Waals surface area contributed by atoms with E-state index in [1.807, 2.05) is 48.5 Å². The number of nitrogens with one attached hydrogen (secondary N) is 2. The van der Waals surface area contributed by atoms with E-state index >= 15 is 0 Å². The molecular weight excluding hydrogens is 440 g/mol. The average molecular weight is 461 g/mol. The second-order valence-corrected chi connectivity index (χ2v) is 7.53. The van der Waals surface area contributed by atoms with Gasteiger partial charge in [0, 0.05) is 29.2 Å². The SMILES string of the molecule is [CH2]CNC(=O)Oc1ccc2ccccc2c1-c1c(OC(=O)NC[CH2])ccc2cc(Cl)ccc12. The summed E-state index contributed by atoms with van der Waals surface area (Å²) in [5.41, 5.74) is 1.20.